The summed E-state index contributed by atoms with van der Waals surface area (Å²) in [6.07, 6.45) is 1.49. The first-order valence-electron chi connectivity index (χ1n) is 8.03. The van der Waals surface area contributed by atoms with E-state index in [2.05, 4.69) is 22.0 Å². The van der Waals surface area contributed by atoms with Crippen LogP contribution < -0.4 is 10.5 Å². The van der Waals surface area contributed by atoms with Gasteiger partial charge < -0.3 is 14.5 Å². The van der Waals surface area contributed by atoms with Crippen molar-refractivity contribution in [3.63, 3.8) is 0 Å². The van der Waals surface area contributed by atoms with E-state index in [0.29, 0.717) is 17.0 Å². The largest absolute Gasteiger partial charge is 0.465 e. The molecule has 2 aromatic rings. The summed E-state index contributed by atoms with van der Waals surface area (Å²) in [6, 6.07) is 0. The van der Waals surface area contributed by atoms with E-state index in [0.717, 1.165) is 26.2 Å². The normalized spacial score (nSPS) is 15.9. The smallest absolute Gasteiger partial charge is 0.326 e. The number of rotatable bonds is 4. The van der Waals surface area contributed by atoms with Crippen molar-refractivity contribution in [1.82, 2.24) is 24.2 Å². The van der Waals surface area contributed by atoms with E-state index < -0.39 is 5.97 Å². The predicted molar refractivity (Wildman–Crippen MR) is 89.1 cm³/mol. The zero-order valence-electron chi connectivity index (χ0n) is 14.2. The molecule has 3 heterocycles. The van der Waals surface area contributed by atoms with Gasteiger partial charge in [-0.2, -0.15) is 10.1 Å². The number of aromatic nitrogens is 4. The summed E-state index contributed by atoms with van der Waals surface area (Å²) in [5.41, 5.74) is 0.254. The summed E-state index contributed by atoms with van der Waals surface area (Å²) in [5, 5.41) is 4.51. The quantitative estimate of drug-likeness (QED) is 0.693. The fraction of sp³-hybridized carbons (Fsp3) is 0.600. The van der Waals surface area contributed by atoms with Crippen LogP contribution in [0.4, 0.5) is 5.95 Å². The highest BCUT2D eigenvalue weighted by molar-refractivity contribution is 5.76. The van der Waals surface area contributed by atoms with E-state index in [-0.39, 0.29) is 18.7 Å². The van der Waals surface area contributed by atoms with Crippen LogP contribution in [0.15, 0.2) is 11.0 Å². The van der Waals surface area contributed by atoms with Gasteiger partial charge in [-0.05, 0) is 14.0 Å². The Kier molecular flexibility index (Phi) is 4.52. The van der Waals surface area contributed by atoms with Crippen molar-refractivity contribution in [1.29, 1.82) is 0 Å². The molecule has 1 saturated heterocycles. The molecule has 9 heteroatoms. The zero-order chi connectivity index (χ0) is 17.3. The van der Waals surface area contributed by atoms with Crippen LogP contribution in [-0.4, -0.2) is 70.0 Å². The number of carbonyl (C=O) groups is 1. The van der Waals surface area contributed by atoms with Crippen molar-refractivity contribution >= 4 is 23.0 Å². The maximum atomic E-state index is 12.8. The van der Waals surface area contributed by atoms with Gasteiger partial charge in [-0.1, -0.05) is 0 Å². The van der Waals surface area contributed by atoms with Crippen LogP contribution in [0.25, 0.3) is 11.0 Å². The summed E-state index contributed by atoms with van der Waals surface area (Å²) in [7, 11) is 3.80. The molecule has 2 aromatic heterocycles. The predicted octanol–water partition coefficient (Wildman–Crippen LogP) is -0.555. The van der Waals surface area contributed by atoms with Gasteiger partial charge in [-0.3, -0.25) is 18.8 Å². The van der Waals surface area contributed by atoms with E-state index >= 15 is 0 Å². The molecule has 0 aliphatic carbocycles. The monoisotopic (exact) mass is 334 g/mol. The summed E-state index contributed by atoms with van der Waals surface area (Å²) < 4.78 is 7.97. The van der Waals surface area contributed by atoms with Gasteiger partial charge in [-0.25, -0.2) is 0 Å². The van der Waals surface area contributed by atoms with Crippen LogP contribution >= 0.6 is 0 Å². The van der Waals surface area contributed by atoms with Gasteiger partial charge in [0.15, 0.2) is 5.65 Å². The number of hydrogen-bond acceptors (Lipinski definition) is 7. The van der Waals surface area contributed by atoms with Crippen molar-refractivity contribution in [3.05, 3.63) is 16.6 Å². The number of likely N-dealkylation sites (N-methyl/N-ethyl adjacent to an activating group) is 1. The first-order valence-corrected chi connectivity index (χ1v) is 8.03. The molecule has 0 N–H and O–H groups in total. The van der Waals surface area contributed by atoms with Gasteiger partial charge >= 0.3 is 5.97 Å². The maximum Gasteiger partial charge on any atom is 0.326 e. The Labute approximate surface area is 139 Å². The molecule has 24 heavy (non-hydrogen) atoms. The van der Waals surface area contributed by atoms with E-state index in [1.807, 2.05) is 4.90 Å². The number of carbonyl (C=O) groups excluding carboxylic acids is 1. The molecule has 1 aliphatic heterocycles. The molecule has 1 fully saturated rings. The summed E-state index contributed by atoms with van der Waals surface area (Å²) >= 11 is 0. The highest BCUT2D eigenvalue weighted by atomic mass is 16.5. The molecule has 3 rings (SSSR count). The lowest BCUT2D eigenvalue weighted by atomic mass is 10.3. The average molecular weight is 334 g/mol. The second-order valence-corrected chi connectivity index (χ2v) is 5.90. The molecule has 0 aromatic carbocycles. The van der Waals surface area contributed by atoms with Gasteiger partial charge in [0.1, 0.15) is 11.9 Å². The van der Waals surface area contributed by atoms with E-state index in [1.54, 1.807) is 18.7 Å². The van der Waals surface area contributed by atoms with Crippen molar-refractivity contribution in [3.8, 4) is 0 Å². The Balaban J connectivity index is 2.08. The minimum absolute atomic E-state index is 0.147. The molecule has 0 unspecified atom stereocenters. The summed E-state index contributed by atoms with van der Waals surface area (Å²) in [4.78, 5) is 33.6. The summed E-state index contributed by atoms with van der Waals surface area (Å²) in [6.45, 7) is 5.11. The molecule has 0 saturated carbocycles. The van der Waals surface area contributed by atoms with E-state index in [1.165, 1.54) is 10.8 Å². The van der Waals surface area contributed by atoms with E-state index in [9.17, 15) is 9.59 Å². The number of ether oxygens (including phenoxy) is 1. The minimum atomic E-state index is -0.444. The molecule has 0 bridgehead atoms. The molecular formula is C15H22N6O3. The zero-order valence-corrected chi connectivity index (χ0v) is 14.2. The topological polar surface area (TPSA) is 85.5 Å². The molecular weight excluding hydrogens is 312 g/mol. The average Bonchev–Trinajstić information content (AvgIpc) is 2.92. The Morgan fingerprint density at radius 2 is 1.96 bits per heavy atom. The van der Waals surface area contributed by atoms with Crippen LogP contribution in [0, 0.1) is 0 Å². The van der Waals surface area contributed by atoms with Gasteiger partial charge in [0.25, 0.3) is 5.56 Å². The van der Waals surface area contributed by atoms with Crippen LogP contribution in [0.5, 0.6) is 0 Å². The fourth-order valence-corrected chi connectivity index (χ4v) is 2.83. The highest BCUT2D eigenvalue weighted by Gasteiger charge is 2.23. The standard InChI is InChI=1S/C15H22N6O3/c1-4-24-12(22)10-21-14(23)11-9-16-19(3)13(11)17-15(21)20-7-5-18(2)6-8-20/h9H,4-8,10H2,1-3H3. The van der Waals surface area contributed by atoms with Crippen molar-refractivity contribution < 1.29 is 9.53 Å². The Hall–Kier alpha value is -2.42. The number of fused-ring (bicyclic) bond motifs is 1. The third-order valence-electron chi connectivity index (χ3n) is 4.21. The lowest BCUT2D eigenvalue weighted by molar-refractivity contribution is -0.143. The Bertz CT molecular complexity index is 803. The molecule has 0 radical (unpaired) electrons. The molecule has 0 spiro atoms. The number of aryl methyl sites for hydroxylation is 1. The van der Waals surface area contributed by atoms with Gasteiger partial charge in [0.2, 0.25) is 5.95 Å². The molecule has 1 aliphatic rings. The number of hydrogen-bond donors (Lipinski definition) is 0. The second-order valence-electron chi connectivity index (χ2n) is 5.90. The number of anilines is 1. The molecule has 130 valence electrons. The van der Waals surface area contributed by atoms with Crippen LogP contribution in [0.2, 0.25) is 0 Å². The van der Waals surface area contributed by atoms with Crippen LogP contribution in [0.1, 0.15) is 6.92 Å². The summed E-state index contributed by atoms with van der Waals surface area (Å²) in [5.74, 6) is 0.0530. The number of esters is 1. The lowest BCUT2D eigenvalue weighted by Crippen LogP contribution is -2.47. The fourth-order valence-electron chi connectivity index (χ4n) is 2.83. The SMILES string of the molecule is CCOC(=O)Cn1c(N2CCN(C)CC2)nc2c(cnn2C)c1=O. The van der Waals surface area contributed by atoms with Gasteiger partial charge in [-0.15, -0.1) is 0 Å². The van der Waals surface area contributed by atoms with Crippen LogP contribution in [-0.2, 0) is 23.1 Å². The van der Waals surface area contributed by atoms with Crippen molar-refractivity contribution in [2.45, 2.75) is 13.5 Å². The molecule has 0 atom stereocenters. The number of piperazine rings is 1. The maximum absolute atomic E-state index is 12.8. The minimum Gasteiger partial charge on any atom is -0.465 e. The van der Waals surface area contributed by atoms with Crippen LogP contribution in [0.3, 0.4) is 0 Å². The Morgan fingerprint density at radius 3 is 2.62 bits per heavy atom. The van der Waals surface area contributed by atoms with Crippen molar-refractivity contribution in [2.75, 3.05) is 44.7 Å². The molecule has 0 amide bonds. The Morgan fingerprint density at radius 1 is 1.25 bits per heavy atom. The number of nitrogens with zero attached hydrogens (tertiary/aromatic N) is 6. The van der Waals surface area contributed by atoms with E-state index in [4.69, 9.17) is 4.74 Å². The van der Waals surface area contributed by atoms with Gasteiger partial charge in [0, 0.05) is 33.2 Å². The highest BCUT2D eigenvalue weighted by Crippen LogP contribution is 2.16. The van der Waals surface area contributed by atoms with Crippen molar-refractivity contribution in [2.24, 2.45) is 7.05 Å². The lowest BCUT2D eigenvalue weighted by Gasteiger charge is -2.34. The third-order valence-corrected chi connectivity index (χ3v) is 4.21. The first kappa shape index (κ1) is 16.4. The third kappa shape index (κ3) is 2.99. The first-order chi connectivity index (χ1) is 11.5. The van der Waals surface area contributed by atoms with Gasteiger partial charge in [0.05, 0.1) is 12.8 Å². The second kappa shape index (κ2) is 6.60. The molecule has 9 nitrogen and oxygen atoms in total.